The van der Waals surface area contributed by atoms with Crippen molar-refractivity contribution in [2.24, 2.45) is 7.05 Å². The summed E-state index contributed by atoms with van der Waals surface area (Å²) in [6.07, 6.45) is 1.43. The summed E-state index contributed by atoms with van der Waals surface area (Å²) in [5.74, 6) is -0.693. The predicted octanol–water partition coefficient (Wildman–Crippen LogP) is 3.17. The number of anilines is 1. The van der Waals surface area contributed by atoms with Crippen LogP contribution in [0, 0.1) is 0 Å². The maximum absolute atomic E-state index is 13.2. The summed E-state index contributed by atoms with van der Waals surface area (Å²) in [4.78, 5) is 31.4. The lowest BCUT2D eigenvalue weighted by molar-refractivity contribution is 0.0697. The molecular weight excluding hydrogens is 486 g/mol. The minimum absolute atomic E-state index is 0.0583. The molecule has 0 amide bonds. The number of benzene rings is 2. The van der Waals surface area contributed by atoms with Gasteiger partial charge in [0.2, 0.25) is 0 Å². The maximum atomic E-state index is 13.2. The SMILES string of the molecule is CCCc1nn(C)c2c(=O)[nH]c(-c3cc(S(=O)(=O)Nc4cccc(C(=O)O)c4)ccc3OCC)nc12. The third-order valence-corrected chi connectivity index (χ3v) is 6.81. The van der Waals surface area contributed by atoms with Crippen LogP contribution >= 0.6 is 0 Å². The van der Waals surface area contributed by atoms with Gasteiger partial charge in [0.25, 0.3) is 15.6 Å². The highest BCUT2D eigenvalue weighted by Crippen LogP contribution is 2.32. The summed E-state index contributed by atoms with van der Waals surface area (Å²) in [5.41, 5.74) is 1.34. The zero-order valence-electron chi connectivity index (χ0n) is 19.9. The summed E-state index contributed by atoms with van der Waals surface area (Å²) in [7, 11) is -2.45. The Hall–Kier alpha value is -4.19. The van der Waals surface area contributed by atoms with Crippen molar-refractivity contribution < 1.29 is 23.1 Å². The maximum Gasteiger partial charge on any atom is 0.335 e. The van der Waals surface area contributed by atoms with Crippen molar-refractivity contribution in [1.29, 1.82) is 0 Å². The van der Waals surface area contributed by atoms with Gasteiger partial charge in [0.05, 0.1) is 28.3 Å². The normalized spacial score (nSPS) is 11.5. The van der Waals surface area contributed by atoms with E-state index in [0.717, 1.165) is 6.42 Å². The molecule has 0 saturated heterocycles. The molecule has 0 bridgehead atoms. The van der Waals surface area contributed by atoms with Crippen LogP contribution in [0.25, 0.3) is 22.4 Å². The molecule has 0 aliphatic carbocycles. The van der Waals surface area contributed by atoms with Gasteiger partial charge in [-0.2, -0.15) is 5.10 Å². The first-order valence-electron chi connectivity index (χ1n) is 11.2. The van der Waals surface area contributed by atoms with Gasteiger partial charge >= 0.3 is 5.97 Å². The topological polar surface area (TPSA) is 156 Å². The number of hydrogen-bond donors (Lipinski definition) is 3. The van der Waals surface area contributed by atoms with Crippen LogP contribution < -0.4 is 15.0 Å². The van der Waals surface area contributed by atoms with Gasteiger partial charge in [0, 0.05) is 12.7 Å². The molecule has 0 atom stereocenters. The van der Waals surface area contributed by atoms with Crippen LogP contribution in [0.4, 0.5) is 5.69 Å². The third kappa shape index (κ3) is 4.80. The molecule has 0 radical (unpaired) electrons. The zero-order chi connectivity index (χ0) is 26.0. The first-order chi connectivity index (χ1) is 17.1. The molecule has 0 unspecified atom stereocenters. The van der Waals surface area contributed by atoms with Gasteiger partial charge in [0.1, 0.15) is 17.1 Å². The molecule has 2 aromatic carbocycles. The highest BCUT2D eigenvalue weighted by Gasteiger charge is 2.21. The molecule has 11 nitrogen and oxygen atoms in total. The quantitative estimate of drug-likeness (QED) is 0.309. The highest BCUT2D eigenvalue weighted by atomic mass is 32.2. The number of sulfonamides is 1. The Morgan fingerprint density at radius 2 is 1.97 bits per heavy atom. The van der Waals surface area contributed by atoms with Crippen molar-refractivity contribution in [2.75, 3.05) is 11.3 Å². The Morgan fingerprint density at radius 3 is 2.67 bits per heavy atom. The number of nitrogens with zero attached hydrogens (tertiary/aromatic N) is 3. The second kappa shape index (κ2) is 9.82. The number of carboxylic acid groups (broad SMARTS) is 1. The van der Waals surface area contributed by atoms with Crippen molar-refractivity contribution in [1.82, 2.24) is 19.7 Å². The van der Waals surface area contributed by atoms with Crippen molar-refractivity contribution in [2.45, 2.75) is 31.6 Å². The smallest absolute Gasteiger partial charge is 0.335 e. The summed E-state index contributed by atoms with van der Waals surface area (Å²) in [6.45, 7) is 4.08. The average molecular weight is 512 g/mol. The molecule has 0 aliphatic rings. The number of hydrogen-bond acceptors (Lipinski definition) is 7. The van der Waals surface area contributed by atoms with Crippen LogP contribution in [0.5, 0.6) is 5.75 Å². The molecule has 4 rings (SSSR count). The molecule has 12 heteroatoms. The molecule has 0 saturated carbocycles. The molecule has 2 aromatic heterocycles. The van der Waals surface area contributed by atoms with Gasteiger partial charge in [-0.1, -0.05) is 19.4 Å². The number of nitrogens with one attached hydrogen (secondary N) is 2. The van der Waals surface area contributed by atoms with Gasteiger partial charge in [-0.05, 0) is 49.7 Å². The van der Waals surface area contributed by atoms with Crippen LogP contribution in [-0.4, -0.2) is 45.8 Å². The van der Waals surface area contributed by atoms with Gasteiger partial charge in [0.15, 0.2) is 5.52 Å². The summed E-state index contributed by atoms with van der Waals surface area (Å²) >= 11 is 0. The Labute approximate surface area is 206 Å². The molecule has 188 valence electrons. The fourth-order valence-corrected chi connectivity index (χ4v) is 4.93. The van der Waals surface area contributed by atoms with E-state index >= 15 is 0 Å². The van der Waals surface area contributed by atoms with Crippen molar-refractivity contribution >= 4 is 32.7 Å². The standard InChI is InChI=1S/C24H25N5O6S/c1-4-7-18-20-21(29(3)27-18)23(30)26-22(25-20)17-13-16(10-11-19(17)35-5-2)36(33,34)28-15-9-6-8-14(12-15)24(31)32/h6,8-13,28H,4-5,7H2,1-3H3,(H,31,32)(H,25,26,30). The molecule has 4 aromatic rings. The second-order valence-corrected chi connectivity index (χ2v) is 9.70. The number of aryl methyl sites for hydroxylation is 2. The minimum atomic E-state index is -4.12. The summed E-state index contributed by atoms with van der Waals surface area (Å²) in [6, 6.07) is 9.68. The van der Waals surface area contributed by atoms with E-state index in [-0.39, 0.29) is 27.5 Å². The summed E-state index contributed by atoms with van der Waals surface area (Å²) < 4.78 is 35.9. The van der Waals surface area contributed by atoms with E-state index in [1.54, 1.807) is 14.0 Å². The van der Waals surface area contributed by atoms with E-state index in [1.807, 2.05) is 6.92 Å². The van der Waals surface area contributed by atoms with Crippen LogP contribution in [0.1, 0.15) is 36.3 Å². The monoisotopic (exact) mass is 511 g/mol. The van der Waals surface area contributed by atoms with E-state index < -0.39 is 21.6 Å². The van der Waals surface area contributed by atoms with Crippen molar-refractivity contribution in [3.63, 3.8) is 0 Å². The van der Waals surface area contributed by atoms with Crippen LogP contribution in [-0.2, 0) is 23.5 Å². The third-order valence-electron chi connectivity index (χ3n) is 5.43. The van der Waals surface area contributed by atoms with Crippen molar-refractivity contribution in [3.8, 4) is 17.1 Å². The molecule has 0 aliphatic heterocycles. The van der Waals surface area contributed by atoms with Crippen LogP contribution in [0.3, 0.4) is 0 Å². The fraction of sp³-hybridized carbons (Fsp3) is 0.250. The van der Waals surface area contributed by atoms with Gasteiger partial charge < -0.3 is 14.8 Å². The van der Waals surface area contributed by atoms with Crippen LogP contribution in [0.2, 0.25) is 0 Å². The first kappa shape index (κ1) is 24.9. The Balaban J connectivity index is 1.83. The number of aromatic carboxylic acids is 1. The number of rotatable bonds is 9. The Kier molecular flexibility index (Phi) is 6.80. The lowest BCUT2D eigenvalue weighted by Gasteiger charge is -2.13. The van der Waals surface area contributed by atoms with Gasteiger partial charge in [-0.3, -0.25) is 14.2 Å². The van der Waals surface area contributed by atoms with Crippen LogP contribution in [0.15, 0.2) is 52.2 Å². The van der Waals surface area contributed by atoms with E-state index in [1.165, 1.54) is 47.1 Å². The molecule has 36 heavy (non-hydrogen) atoms. The van der Waals surface area contributed by atoms with E-state index in [9.17, 15) is 23.1 Å². The van der Waals surface area contributed by atoms with E-state index in [0.29, 0.717) is 35.5 Å². The predicted molar refractivity (Wildman–Crippen MR) is 134 cm³/mol. The molecule has 0 fully saturated rings. The summed E-state index contributed by atoms with van der Waals surface area (Å²) in [5, 5.41) is 13.6. The lowest BCUT2D eigenvalue weighted by Crippen LogP contribution is -2.15. The number of aromatic amines is 1. The number of carbonyl (C=O) groups is 1. The molecule has 0 spiro atoms. The van der Waals surface area contributed by atoms with Gasteiger partial charge in [-0.15, -0.1) is 0 Å². The molecular formula is C24H25N5O6S. The Morgan fingerprint density at radius 1 is 1.19 bits per heavy atom. The number of fused-ring (bicyclic) bond motifs is 1. The fourth-order valence-electron chi connectivity index (χ4n) is 3.85. The van der Waals surface area contributed by atoms with Gasteiger partial charge in [-0.25, -0.2) is 18.2 Å². The number of aromatic nitrogens is 4. The average Bonchev–Trinajstić information content (AvgIpc) is 3.15. The number of H-pyrrole nitrogens is 1. The highest BCUT2D eigenvalue weighted by molar-refractivity contribution is 7.92. The number of ether oxygens (including phenoxy) is 1. The zero-order valence-corrected chi connectivity index (χ0v) is 20.7. The lowest BCUT2D eigenvalue weighted by atomic mass is 10.1. The minimum Gasteiger partial charge on any atom is -0.493 e. The largest absolute Gasteiger partial charge is 0.493 e. The molecule has 2 heterocycles. The molecule has 3 N–H and O–H groups in total. The van der Waals surface area contributed by atoms with Crippen molar-refractivity contribution in [3.05, 3.63) is 64.1 Å². The first-order valence-corrected chi connectivity index (χ1v) is 12.7. The Bertz CT molecular complexity index is 1620. The van der Waals surface area contributed by atoms with E-state index in [2.05, 4.69) is 19.8 Å². The number of carboxylic acids is 1. The second-order valence-electron chi connectivity index (χ2n) is 8.01. The van der Waals surface area contributed by atoms with E-state index in [4.69, 9.17) is 4.74 Å².